The number of nitrogen functional groups attached to an aromatic ring is 1. The Kier molecular flexibility index (Phi) is 3.14. The fraction of sp³-hybridized carbons (Fsp3) is 0.500. The molecule has 4 nitrogen and oxygen atoms in total. The van der Waals surface area contributed by atoms with Crippen LogP contribution < -0.4 is 11.1 Å². The van der Waals surface area contributed by atoms with Gasteiger partial charge in [-0.15, -0.1) is 0 Å². The van der Waals surface area contributed by atoms with Gasteiger partial charge >= 0.3 is 0 Å². The van der Waals surface area contributed by atoms with Gasteiger partial charge in [-0.25, -0.2) is 4.39 Å². The molecule has 2 unspecified atom stereocenters. The quantitative estimate of drug-likeness (QED) is 0.792. The number of nitrogens with zero attached hydrogens (tertiary/aromatic N) is 1. The number of amides is 1. The normalized spacial score (nSPS) is 26.4. The number of carbonyl (C=O) groups excluding carboxylic acids is 1. The van der Waals surface area contributed by atoms with Gasteiger partial charge in [-0.2, -0.15) is 0 Å². The van der Waals surface area contributed by atoms with Gasteiger partial charge in [-0.3, -0.25) is 9.69 Å². The van der Waals surface area contributed by atoms with Crippen molar-refractivity contribution in [3.63, 3.8) is 0 Å². The lowest BCUT2D eigenvalue weighted by molar-refractivity contribution is 0.0930. The molecule has 0 aliphatic carbocycles. The van der Waals surface area contributed by atoms with Crippen molar-refractivity contribution < 1.29 is 9.18 Å². The predicted molar refractivity (Wildman–Crippen MR) is 71.3 cm³/mol. The first kappa shape index (κ1) is 12.4. The third-order valence-corrected chi connectivity index (χ3v) is 4.22. The number of benzene rings is 1. The van der Waals surface area contributed by atoms with E-state index in [0.29, 0.717) is 6.04 Å². The average molecular weight is 263 g/mol. The Morgan fingerprint density at radius 1 is 1.37 bits per heavy atom. The summed E-state index contributed by atoms with van der Waals surface area (Å²) in [5.41, 5.74) is 5.78. The smallest absolute Gasteiger partial charge is 0.253 e. The molecule has 2 aliphatic heterocycles. The molecule has 2 fully saturated rings. The van der Waals surface area contributed by atoms with Gasteiger partial charge in [0.2, 0.25) is 0 Å². The zero-order valence-electron chi connectivity index (χ0n) is 10.7. The number of fused-ring (bicyclic) bond motifs is 1. The van der Waals surface area contributed by atoms with E-state index >= 15 is 0 Å². The van der Waals surface area contributed by atoms with E-state index in [9.17, 15) is 9.18 Å². The van der Waals surface area contributed by atoms with Crippen molar-refractivity contribution in [2.45, 2.75) is 31.3 Å². The molecule has 1 aromatic carbocycles. The van der Waals surface area contributed by atoms with E-state index in [1.165, 1.54) is 18.6 Å². The highest BCUT2D eigenvalue weighted by atomic mass is 19.1. The molecular weight excluding hydrogens is 245 g/mol. The van der Waals surface area contributed by atoms with Crippen molar-refractivity contribution in [3.8, 4) is 0 Å². The Labute approximate surface area is 111 Å². The third kappa shape index (κ3) is 2.18. The number of anilines is 1. The van der Waals surface area contributed by atoms with Crippen molar-refractivity contribution >= 4 is 11.6 Å². The minimum absolute atomic E-state index is 0.0683. The molecule has 1 aromatic rings. The fourth-order valence-electron chi connectivity index (χ4n) is 3.23. The molecule has 0 spiro atoms. The number of hydrogen-bond acceptors (Lipinski definition) is 3. The third-order valence-electron chi connectivity index (χ3n) is 4.22. The molecule has 5 heteroatoms. The molecule has 3 N–H and O–H groups in total. The van der Waals surface area contributed by atoms with Gasteiger partial charge in [-0.05, 0) is 37.9 Å². The first-order valence-corrected chi connectivity index (χ1v) is 6.75. The second-order valence-electron chi connectivity index (χ2n) is 5.32. The zero-order valence-corrected chi connectivity index (χ0v) is 10.7. The Morgan fingerprint density at radius 2 is 2.21 bits per heavy atom. The molecule has 2 aliphatic rings. The van der Waals surface area contributed by atoms with Crippen LogP contribution in [0.4, 0.5) is 10.1 Å². The number of hydrogen-bond donors (Lipinski definition) is 2. The first-order chi connectivity index (χ1) is 9.16. The minimum Gasteiger partial charge on any atom is -0.396 e. The molecule has 102 valence electrons. The van der Waals surface area contributed by atoms with Crippen LogP contribution >= 0.6 is 0 Å². The van der Waals surface area contributed by atoms with Crippen molar-refractivity contribution in [2.24, 2.45) is 0 Å². The van der Waals surface area contributed by atoms with E-state index in [1.54, 1.807) is 6.07 Å². The Bertz CT molecular complexity index is 505. The van der Waals surface area contributed by atoms with Gasteiger partial charge in [0.05, 0.1) is 11.3 Å². The van der Waals surface area contributed by atoms with Crippen LogP contribution in [0.2, 0.25) is 0 Å². The Morgan fingerprint density at radius 3 is 3.05 bits per heavy atom. The summed E-state index contributed by atoms with van der Waals surface area (Å²) >= 11 is 0. The van der Waals surface area contributed by atoms with Crippen LogP contribution in [-0.4, -0.2) is 36.0 Å². The van der Waals surface area contributed by atoms with E-state index in [4.69, 9.17) is 5.73 Å². The van der Waals surface area contributed by atoms with E-state index in [2.05, 4.69) is 10.2 Å². The molecule has 0 radical (unpaired) electrons. The monoisotopic (exact) mass is 263 g/mol. The fourth-order valence-corrected chi connectivity index (χ4v) is 3.23. The standard InChI is InChI=1S/C14H18FN3O/c15-10-4-1-3-9(13(10)16)14(19)17-11-6-8-18-7-2-5-12(11)18/h1,3-4,11-12H,2,5-8,16H2,(H,17,19). The molecule has 1 amide bonds. The highest BCUT2D eigenvalue weighted by Crippen LogP contribution is 2.28. The van der Waals surface area contributed by atoms with Gasteiger partial charge in [0.1, 0.15) is 5.82 Å². The molecule has 19 heavy (non-hydrogen) atoms. The molecule has 0 aromatic heterocycles. The van der Waals surface area contributed by atoms with Crippen LogP contribution in [0.3, 0.4) is 0 Å². The first-order valence-electron chi connectivity index (χ1n) is 6.75. The van der Waals surface area contributed by atoms with Gasteiger partial charge in [0.25, 0.3) is 5.91 Å². The summed E-state index contributed by atoms with van der Waals surface area (Å²) in [4.78, 5) is 14.6. The summed E-state index contributed by atoms with van der Waals surface area (Å²) in [7, 11) is 0. The lowest BCUT2D eigenvalue weighted by Crippen LogP contribution is -2.42. The van der Waals surface area contributed by atoms with Crippen LogP contribution in [0.5, 0.6) is 0 Å². The number of rotatable bonds is 2. The predicted octanol–water partition coefficient (Wildman–Crippen LogP) is 1.37. The molecule has 0 bridgehead atoms. The largest absolute Gasteiger partial charge is 0.396 e. The lowest BCUT2D eigenvalue weighted by Gasteiger charge is -2.21. The number of nitrogens with one attached hydrogen (secondary N) is 1. The van der Waals surface area contributed by atoms with Crippen LogP contribution in [0, 0.1) is 5.82 Å². The van der Waals surface area contributed by atoms with Crippen LogP contribution in [0.1, 0.15) is 29.6 Å². The molecule has 2 heterocycles. The summed E-state index contributed by atoms with van der Waals surface area (Å²) in [6, 6.07) is 4.95. The van der Waals surface area contributed by atoms with E-state index in [1.807, 2.05) is 0 Å². The summed E-state index contributed by atoms with van der Waals surface area (Å²) in [6.07, 6.45) is 3.29. The topological polar surface area (TPSA) is 58.4 Å². The number of nitrogens with two attached hydrogens (primary N) is 1. The number of carbonyl (C=O) groups is 1. The summed E-state index contributed by atoms with van der Waals surface area (Å²) in [6.45, 7) is 2.16. The maximum absolute atomic E-state index is 13.4. The second-order valence-corrected chi connectivity index (χ2v) is 5.32. The lowest BCUT2D eigenvalue weighted by atomic mass is 10.1. The van der Waals surface area contributed by atoms with Crippen molar-refractivity contribution in [2.75, 3.05) is 18.8 Å². The molecular formula is C14H18FN3O. The summed E-state index contributed by atoms with van der Waals surface area (Å²) in [5.74, 6) is -0.808. The van der Waals surface area contributed by atoms with Crippen LogP contribution in [0.25, 0.3) is 0 Å². The number of para-hydroxylation sites is 1. The maximum Gasteiger partial charge on any atom is 0.253 e. The highest BCUT2D eigenvalue weighted by molar-refractivity contribution is 5.99. The minimum atomic E-state index is -0.540. The van der Waals surface area contributed by atoms with Crippen molar-refractivity contribution in [1.82, 2.24) is 10.2 Å². The molecule has 2 atom stereocenters. The van der Waals surface area contributed by atoms with E-state index < -0.39 is 5.82 Å². The maximum atomic E-state index is 13.4. The molecule has 2 saturated heterocycles. The van der Waals surface area contributed by atoms with E-state index in [0.717, 1.165) is 25.9 Å². The number of halogens is 1. The summed E-state index contributed by atoms with van der Waals surface area (Å²) < 4.78 is 13.4. The molecule has 3 rings (SSSR count). The van der Waals surface area contributed by atoms with Crippen molar-refractivity contribution in [3.05, 3.63) is 29.6 Å². The highest BCUT2D eigenvalue weighted by Gasteiger charge is 2.38. The Hall–Kier alpha value is -1.62. The van der Waals surface area contributed by atoms with Gasteiger partial charge < -0.3 is 11.1 Å². The van der Waals surface area contributed by atoms with Crippen LogP contribution in [-0.2, 0) is 0 Å². The second kappa shape index (κ2) is 4.81. The Balaban J connectivity index is 1.73. The zero-order chi connectivity index (χ0) is 13.4. The van der Waals surface area contributed by atoms with E-state index in [-0.39, 0.29) is 23.2 Å². The summed E-state index contributed by atoms with van der Waals surface area (Å²) in [5, 5.41) is 3.01. The van der Waals surface area contributed by atoms with Crippen molar-refractivity contribution in [1.29, 1.82) is 0 Å². The van der Waals surface area contributed by atoms with Gasteiger partial charge in [0, 0.05) is 18.6 Å². The average Bonchev–Trinajstić information content (AvgIpc) is 2.97. The van der Waals surface area contributed by atoms with Gasteiger partial charge in [0.15, 0.2) is 0 Å². The van der Waals surface area contributed by atoms with Gasteiger partial charge in [-0.1, -0.05) is 6.07 Å². The van der Waals surface area contributed by atoms with Crippen LogP contribution in [0.15, 0.2) is 18.2 Å². The molecule has 0 saturated carbocycles. The SMILES string of the molecule is Nc1c(F)cccc1C(=O)NC1CCN2CCCC12.